The van der Waals surface area contributed by atoms with Crippen LogP contribution in [0.5, 0.6) is 0 Å². The lowest BCUT2D eigenvalue weighted by Gasteiger charge is -2.14. The summed E-state index contributed by atoms with van der Waals surface area (Å²) in [6.45, 7) is 6.44. The fourth-order valence-corrected chi connectivity index (χ4v) is 2.74. The second kappa shape index (κ2) is 5.57. The molecule has 3 aromatic carbocycles. The zero-order valence-electron chi connectivity index (χ0n) is 12.9. The minimum Gasteiger partial charge on any atom is -0.0613 e. The molecule has 104 valence electrons. The van der Waals surface area contributed by atoms with Crippen LogP contribution in [0.4, 0.5) is 0 Å². The van der Waals surface area contributed by atoms with Crippen molar-refractivity contribution in [3.63, 3.8) is 0 Å². The maximum absolute atomic E-state index is 2.22. The Morgan fingerprint density at radius 1 is 0.524 bits per heavy atom. The first-order chi connectivity index (χ1) is 10.1. The van der Waals surface area contributed by atoms with Crippen LogP contribution < -0.4 is 0 Å². The van der Waals surface area contributed by atoms with Crippen molar-refractivity contribution in [1.82, 2.24) is 0 Å². The van der Waals surface area contributed by atoms with Crippen LogP contribution in [0.3, 0.4) is 0 Å². The third kappa shape index (κ3) is 2.75. The third-order valence-corrected chi connectivity index (χ3v) is 3.98. The lowest BCUT2D eigenvalue weighted by Crippen LogP contribution is -1.89. The smallest absolute Gasteiger partial charge is 0.00761 e. The minimum absolute atomic E-state index is 1.28. The fourth-order valence-electron chi connectivity index (χ4n) is 2.74. The van der Waals surface area contributed by atoms with Crippen molar-refractivity contribution < 1.29 is 0 Å². The summed E-state index contributed by atoms with van der Waals surface area (Å²) in [6, 6.07) is 24.1. The molecule has 0 nitrogen and oxygen atoms in total. The van der Waals surface area contributed by atoms with Gasteiger partial charge in [0.05, 0.1) is 0 Å². The maximum Gasteiger partial charge on any atom is -0.00761 e. The third-order valence-electron chi connectivity index (χ3n) is 3.98. The maximum atomic E-state index is 2.22. The Bertz CT molecular complexity index is 747. The van der Waals surface area contributed by atoms with Crippen LogP contribution in [-0.4, -0.2) is 0 Å². The van der Waals surface area contributed by atoms with Gasteiger partial charge in [0.15, 0.2) is 0 Å². The monoisotopic (exact) mass is 272 g/mol. The molecule has 0 amide bonds. The van der Waals surface area contributed by atoms with E-state index in [4.69, 9.17) is 0 Å². The molecule has 3 aromatic rings. The summed E-state index contributed by atoms with van der Waals surface area (Å²) in [5.74, 6) is 0. The topological polar surface area (TPSA) is 0 Å². The number of benzene rings is 3. The molecule has 0 bridgehead atoms. The Morgan fingerprint density at radius 2 is 1.05 bits per heavy atom. The second-order valence-electron chi connectivity index (χ2n) is 5.73. The molecule has 0 spiro atoms. The number of hydrogen-bond donors (Lipinski definition) is 0. The standard InChI is InChI=1S/C21H20/c1-15-7-11-18(12-8-15)20-6-4-5-17(3)21(20)19-13-9-16(2)10-14-19/h4-14H,1-3H3. The van der Waals surface area contributed by atoms with Gasteiger partial charge in [-0.3, -0.25) is 0 Å². The summed E-state index contributed by atoms with van der Waals surface area (Å²) in [5.41, 5.74) is 9.11. The highest BCUT2D eigenvalue weighted by Crippen LogP contribution is 2.34. The summed E-state index contributed by atoms with van der Waals surface area (Å²) in [5, 5.41) is 0. The first-order valence-electron chi connectivity index (χ1n) is 7.39. The Balaban J connectivity index is 2.20. The first kappa shape index (κ1) is 13.6. The van der Waals surface area contributed by atoms with Crippen molar-refractivity contribution >= 4 is 0 Å². The van der Waals surface area contributed by atoms with E-state index in [2.05, 4.69) is 87.5 Å². The zero-order valence-corrected chi connectivity index (χ0v) is 12.9. The molecule has 0 unspecified atom stereocenters. The summed E-state index contributed by atoms with van der Waals surface area (Å²) in [7, 11) is 0. The van der Waals surface area contributed by atoms with Gasteiger partial charge < -0.3 is 0 Å². The lowest BCUT2D eigenvalue weighted by atomic mass is 9.90. The second-order valence-corrected chi connectivity index (χ2v) is 5.73. The summed E-state index contributed by atoms with van der Waals surface area (Å²) in [4.78, 5) is 0. The Labute approximate surface area is 127 Å². The molecule has 0 aliphatic rings. The molecule has 0 heteroatoms. The first-order valence-corrected chi connectivity index (χ1v) is 7.39. The van der Waals surface area contributed by atoms with Crippen molar-refractivity contribution in [2.24, 2.45) is 0 Å². The van der Waals surface area contributed by atoms with E-state index in [1.54, 1.807) is 0 Å². The summed E-state index contributed by atoms with van der Waals surface area (Å²) < 4.78 is 0. The van der Waals surface area contributed by atoms with Crippen LogP contribution in [0.15, 0.2) is 66.7 Å². The molecule has 0 aromatic heterocycles. The lowest BCUT2D eigenvalue weighted by molar-refractivity contribution is 1.42. The van der Waals surface area contributed by atoms with Crippen molar-refractivity contribution in [1.29, 1.82) is 0 Å². The SMILES string of the molecule is Cc1ccc(-c2cccc(C)c2-c2ccc(C)cc2)cc1. The summed E-state index contributed by atoms with van der Waals surface area (Å²) >= 11 is 0. The van der Waals surface area contributed by atoms with Crippen LogP contribution in [0.2, 0.25) is 0 Å². The van der Waals surface area contributed by atoms with Gasteiger partial charge in [0.2, 0.25) is 0 Å². The van der Waals surface area contributed by atoms with E-state index in [1.807, 2.05) is 0 Å². The van der Waals surface area contributed by atoms with Gasteiger partial charge in [-0.05, 0) is 48.6 Å². The van der Waals surface area contributed by atoms with Gasteiger partial charge in [0.25, 0.3) is 0 Å². The molecule has 0 aliphatic carbocycles. The Kier molecular flexibility index (Phi) is 3.62. The highest BCUT2D eigenvalue weighted by atomic mass is 14.1. The highest BCUT2D eigenvalue weighted by molar-refractivity contribution is 5.85. The predicted molar refractivity (Wildman–Crippen MR) is 91.5 cm³/mol. The van der Waals surface area contributed by atoms with Gasteiger partial charge in [-0.15, -0.1) is 0 Å². The van der Waals surface area contributed by atoms with Crippen molar-refractivity contribution in [3.05, 3.63) is 83.4 Å². The van der Waals surface area contributed by atoms with E-state index in [0.717, 1.165) is 0 Å². The van der Waals surface area contributed by atoms with Crippen LogP contribution >= 0.6 is 0 Å². The fraction of sp³-hybridized carbons (Fsp3) is 0.143. The van der Waals surface area contributed by atoms with Gasteiger partial charge in [0.1, 0.15) is 0 Å². The molecular weight excluding hydrogens is 252 g/mol. The normalized spacial score (nSPS) is 10.6. The molecule has 0 atom stereocenters. The highest BCUT2D eigenvalue weighted by Gasteiger charge is 2.09. The van der Waals surface area contributed by atoms with Gasteiger partial charge in [-0.25, -0.2) is 0 Å². The van der Waals surface area contributed by atoms with E-state index < -0.39 is 0 Å². The van der Waals surface area contributed by atoms with Crippen LogP contribution in [0.1, 0.15) is 16.7 Å². The number of rotatable bonds is 2. The van der Waals surface area contributed by atoms with Gasteiger partial charge >= 0.3 is 0 Å². The molecule has 0 saturated carbocycles. The van der Waals surface area contributed by atoms with Crippen LogP contribution in [-0.2, 0) is 0 Å². The molecule has 0 radical (unpaired) electrons. The Hall–Kier alpha value is -2.34. The summed E-state index contributed by atoms with van der Waals surface area (Å²) in [6.07, 6.45) is 0. The molecule has 0 heterocycles. The molecular formula is C21H20. The number of aryl methyl sites for hydroxylation is 3. The van der Waals surface area contributed by atoms with Crippen molar-refractivity contribution in [2.45, 2.75) is 20.8 Å². The molecule has 0 N–H and O–H groups in total. The van der Waals surface area contributed by atoms with Gasteiger partial charge in [-0.2, -0.15) is 0 Å². The van der Waals surface area contributed by atoms with E-state index in [9.17, 15) is 0 Å². The predicted octanol–water partition coefficient (Wildman–Crippen LogP) is 5.95. The van der Waals surface area contributed by atoms with E-state index >= 15 is 0 Å². The largest absolute Gasteiger partial charge is 0.0613 e. The van der Waals surface area contributed by atoms with Crippen LogP contribution in [0, 0.1) is 20.8 Å². The van der Waals surface area contributed by atoms with Crippen molar-refractivity contribution in [2.75, 3.05) is 0 Å². The average Bonchev–Trinajstić information content (AvgIpc) is 2.49. The average molecular weight is 272 g/mol. The van der Waals surface area contributed by atoms with E-state index in [0.29, 0.717) is 0 Å². The van der Waals surface area contributed by atoms with E-state index in [-0.39, 0.29) is 0 Å². The Morgan fingerprint density at radius 3 is 1.62 bits per heavy atom. The number of hydrogen-bond acceptors (Lipinski definition) is 0. The molecule has 0 aliphatic heterocycles. The van der Waals surface area contributed by atoms with Gasteiger partial charge in [-0.1, -0.05) is 77.9 Å². The van der Waals surface area contributed by atoms with Crippen molar-refractivity contribution in [3.8, 4) is 22.3 Å². The molecule has 3 rings (SSSR count). The minimum atomic E-state index is 1.28. The van der Waals surface area contributed by atoms with E-state index in [1.165, 1.54) is 38.9 Å². The molecule has 0 saturated heterocycles. The zero-order chi connectivity index (χ0) is 14.8. The molecule has 0 fully saturated rings. The van der Waals surface area contributed by atoms with Gasteiger partial charge in [0, 0.05) is 0 Å². The quantitative estimate of drug-likeness (QED) is 0.541. The molecule has 21 heavy (non-hydrogen) atoms. The van der Waals surface area contributed by atoms with Crippen LogP contribution in [0.25, 0.3) is 22.3 Å².